The summed E-state index contributed by atoms with van der Waals surface area (Å²) in [5.74, 6) is -0.367. The zero-order valence-corrected chi connectivity index (χ0v) is 6.72. The third kappa shape index (κ3) is 4.27. The molecule has 0 atom stereocenters. The molecule has 0 saturated carbocycles. The van der Waals surface area contributed by atoms with E-state index in [0.29, 0.717) is 0 Å². The lowest BCUT2D eigenvalue weighted by atomic mass is 10.4. The van der Waals surface area contributed by atoms with Gasteiger partial charge in [0.2, 0.25) is 0 Å². The molecule has 60 valence electrons. The second kappa shape index (κ2) is 6.15. The van der Waals surface area contributed by atoms with Crippen molar-refractivity contribution in [2.45, 2.75) is 0 Å². The summed E-state index contributed by atoms with van der Waals surface area (Å²) in [6, 6.07) is 8.59. The predicted molar refractivity (Wildman–Crippen MR) is 42.6 cm³/mol. The molecule has 1 aromatic rings. The molecule has 0 aliphatic rings. The molecule has 0 N–H and O–H groups in total. The lowest BCUT2D eigenvalue weighted by molar-refractivity contribution is 0.628. The topological polar surface area (TPSA) is 47.6 Å². The van der Waals surface area contributed by atoms with Crippen LogP contribution in [-0.4, -0.2) is 0 Å². The molecule has 12 heavy (non-hydrogen) atoms. The molecule has 0 aliphatic heterocycles. The first-order chi connectivity index (χ1) is 5.72. The number of nitriles is 2. The minimum atomic E-state index is -0.367. The van der Waals surface area contributed by atoms with Crippen LogP contribution < -0.4 is 0 Å². The van der Waals surface area contributed by atoms with Gasteiger partial charge >= 0.3 is 0 Å². The van der Waals surface area contributed by atoms with Crippen LogP contribution in [0.5, 0.6) is 0 Å². The highest BCUT2D eigenvalue weighted by molar-refractivity contribution is 6.30. The molecule has 0 amide bonds. The average Bonchev–Trinajstić information content (AvgIpc) is 2.11. The Kier molecular flexibility index (Phi) is 5.34. The van der Waals surface area contributed by atoms with Gasteiger partial charge in [-0.1, -0.05) is 23.7 Å². The van der Waals surface area contributed by atoms with Crippen LogP contribution in [0.2, 0.25) is 5.02 Å². The highest BCUT2D eigenvalue weighted by Gasteiger charge is 1.91. The summed E-state index contributed by atoms with van der Waals surface area (Å²) in [6.45, 7) is 0. The van der Waals surface area contributed by atoms with E-state index >= 15 is 0 Å². The van der Waals surface area contributed by atoms with Crippen LogP contribution in [0, 0.1) is 28.5 Å². The van der Waals surface area contributed by atoms with E-state index in [0.717, 1.165) is 0 Å². The van der Waals surface area contributed by atoms with Crippen LogP contribution in [0.25, 0.3) is 0 Å². The van der Waals surface area contributed by atoms with Crippen molar-refractivity contribution in [2.75, 3.05) is 0 Å². The number of halogens is 2. The molecule has 0 bridgehead atoms. The Morgan fingerprint density at radius 2 is 1.67 bits per heavy atom. The summed E-state index contributed by atoms with van der Waals surface area (Å²) in [4.78, 5) is 0. The molecule has 0 aromatic heterocycles. The molecular weight excluding hydrogens is 179 g/mol. The summed E-state index contributed by atoms with van der Waals surface area (Å²) in [5, 5.41) is 14.7. The van der Waals surface area contributed by atoms with E-state index < -0.39 is 0 Å². The first kappa shape index (κ1) is 10.4. The molecule has 0 heterocycles. The fourth-order valence-electron chi connectivity index (χ4n) is 0.439. The van der Waals surface area contributed by atoms with E-state index in [1.807, 2.05) is 0 Å². The van der Waals surface area contributed by atoms with Crippen LogP contribution in [-0.2, 0) is 0 Å². The van der Waals surface area contributed by atoms with Crippen LogP contribution in [0.1, 0.15) is 0 Å². The summed E-state index contributed by atoms with van der Waals surface area (Å²) in [6.07, 6.45) is 0. The smallest absolute Gasteiger partial charge is 0.181 e. The van der Waals surface area contributed by atoms with Crippen LogP contribution in [0.15, 0.2) is 24.3 Å². The van der Waals surface area contributed by atoms with E-state index in [-0.39, 0.29) is 10.8 Å². The van der Waals surface area contributed by atoms with Crippen molar-refractivity contribution in [3.05, 3.63) is 35.1 Å². The summed E-state index contributed by atoms with van der Waals surface area (Å²) >= 11 is 5.33. The second-order valence-corrected chi connectivity index (χ2v) is 2.04. The minimum Gasteiger partial charge on any atom is -0.205 e. The van der Waals surface area contributed by atoms with Gasteiger partial charge in [0.1, 0.15) is 5.82 Å². The zero-order valence-electron chi connectivity index (χ0n) is 5.96. The van der Waals surface area contributed by atoms with Gasteiger partial charge in [-0.15, -0.1) is 0 Å². The minimum absolute atomic E-state index is 0.174. The van der Waals surface area contributed by atoms with Gasteiger partial charge in [0.15, 0.2) is 12.1 Å². The van der Waals surface area contributed by atoms with Crippen molar-refractivity contribution < 1.29 is 4.39 Å². The lowest BCUT2D eigenvalue weighted by Gasteiger charge is -1.86. The Bertz CT molecular complexity index is 292. The third-order valence-electron chi connectivity index (χ3n) is 0.874. The average molecular weight is 183 g/mol. The Morgan fingerprint density at radius 3 is 1.92 bits per heavy atom. The van der Waals surface area contributed by atoms with Gasteiger partial charge in [0.25, 0.3) is 0 Å². The summed E-state index contributed by atoms with van der Waals surface area (Å²) in [5.41, 5.74) is 0. The van der Waals surface area contributed by atoms with E-state index in [1.54, 1.807) is 12.1 Å². The highest BCUT2D eigenvalue weighted by atomic mass is 35.5. The molecular formula is C8H4ClFN2. The number of hydrogen-bond donors (Lipinski definition) is 0. The second-order valence-electron chi connectivity index (χ2n) is 1.64. The van der Waals surface area contributed by atoms with Gasteiger partial charge < -0.3 is 0 Å². The SMILES string of the molecule is Fc1ccccc1Cl.N#CC#N. The fourth-order valence-corrected chi connectivity index (χ4v) is 0.575. The number of hydrogen-bond acceptors (Lipinski definition) is 2. The van der Waals surface area contributed by atoms with Crippen molar-refractivity contribution in [1.29, 1.82) is 10.5 Å². The van der Waals surface area contributed by atoms with Crippen LogP contribution >= 0.6 is 11.6 Å². The molecule has 0 spiro atoms. The Hall–Kier alpha value is -1.58. The lowest BCUT2D eigenvalue weighted by Crippen LogP contribution is -1.70. The predicted octanol–water partition coefficient (Wildman–Crippen LogP) is 2.51. The maximum Gasteiger partial charge on any atom is 0.181 e. The van der Waals surface area contributed by atoms with Crippen molar-refractivity contribution in [3.63, 3.8) is 0 Å². The Balaban J connectivity index is 0.000000261. The standard InChI is InChI=1S/C6H4ClF.C2N2/c7-5-3-1-2-4-6(5)8;3-1-2-4/h1-4H;. The molecule has 0 saturated heterocycles. The van der Waals surface area contributed by atoms with Crippen molar-refractivity contribution in [1.82, 2.24) is 0 Å². The first-order valence-corrected chi connectivity index (χ1v) is 3.28. The Morgan fingerprint density at radius 1 is 1.17 bits per heavy atom. The molecule has 4 heteroatoms. The number of nitrogens with zero attached hydrogens (tertiary/aromatic N) is 2. The van der Waals surface area contributed by atoms with E-state index in [4.69, 9.17) is 22.1 Å². The van der Waals surface area contributed by atoms with Gasteiger partial charge in [0.05, 0.1) is 5.02 Å². The number of rotatable bonds is 0. The summed E-state index contributed by atoms with van der Waals surface area (Å²) < 4.78 is 12.2. The van der Waals surface area contributed by atoms with Crippen molar-refractivity contribution >= 4 is 11.6 Å². The molecule has 0 radical (unpaired) electrons. The molecule has 0 unspecified atom stereocenters. The van der Waals surface area contributed by atoms with Crippen LogP contribution in [0.4, 0.5) is 4.39 Å². The van der Waals surface area contributed by atoms with Gasteiger partial charge in [-0.25, -0.2) is 4.39 Å². The van der Waals surface area contributed by atoms with E-state index in [1.165, 1.54) is 24.3 Å². The maximum atomic E-state index is 12.2. The van der Waals surface area contributed by atoms with Gasteiger partial charge in [-0.3, -0.25) is 0 Å². The zero-order chi connectivity index (χ0) is 9.40. The summed E-state index contributed by atoms with van der Waals surface area (Å²) in [7, 11) is 0. The van der Waals surface area contributed by atoms with E-state index in [2.05, 4.69) is 0 Å². The van der Waals surface area contributed by atoms with Crippen molar-refractivity contribution in [2.24, 2.45) is 0 Å². The van der Waals surface area contributed by atoms with Crippen molar-refractivity contribution in [3.8, 4) is 12.1 Å². The molecule has 0 aliphatic carbocycles. The third-order valence-corrected chi connectivity index (χ3v) is 1.18. The largest absolute Gasteiger partial charge is 0.205 e. The van der Waals surface area contributed by atoms with Gasteiger partial charge in [0, 0.05) is 0 Å². The molecule has 2 nitrogen and oxygen atoms in total. The normalized spacial score (nSPS) is 7.00. The molecule has 0 fully saturated rings. The quantitative estimate of drug-likeness (QED) is 0.619. The molecule has 1 aromatic carbocycles. The fraction of sp³-hybridized carbons (Fsp3) is 0. The monoisotopic (exact) mass is 182 g/mol. The van der Waals surface area contributed by atoms with Gasteiger partial charge in [-0.05, 0) is 12.1 Å². The highest BCUT2D eigenvalue weighted by Crippen LogP contribution is 2.11. The molecule has 1 rings (SSSR count). The van der Waals surface area contributed by atoms with E-state index in [9.17, 15) is 4.39 Å². The number of benzene rings is 1. The Labute approximate surface area is 74.4 Å². The first-order valence-electron chi connectivity index (χ1n) is 2.90. The van der Waals surface area contributed by atoms with Gasteiger partial charge in [-0.2, -0.15) is 10.5 Å². The maximum absolute atomic E-state index is 12.2. The van der Waals surface area contributed by atoms with Crippen LogP contribution in [0.3, 0.4) is 0 Å².